The molecule has 0 spiro atoms. The Morgan fingerprint density at radius 2 is 2.11 bits per heavy atom. The van der Waals surface area contributed by atoms with Crippen LogP contribution in [0, 0.1) is 6.92 Å². The van der Waals surface area contributed by atoms with Crippen LogP contribution in [0.15, 0.2) is 35.9 Å². The molecule has 0 aromatic heterocycles. The summed E-state index contributed by atoms with van der Waals surface area (Å²) in [7, 11) is 0. The average molecular weight is 245 g/mol. The van der Waals surface area contributed by atoms with Crippen molar-refractivity contribution in [1.29, 1.82) is 0 Å². The van der Waals surface area contributed by atoms with E-state index in [1.807, 2.05) is 31.2 Å². The van der Waals surface area contributed by atoms with Crippen molar-refractivity contribution in [3.8, 4) is 0 Å². The number of carbonyl (C=O) groups is 1. The Morgan fingerprint density at radius 3 is 2.78 bits per heavy atom. The smallest absolute Gasteiger partial charge is 0.319 e. The fourth-order valence-electron chi connectivity index (χ4n) is 1.84. The van der Waals surface area contributed by atoms with Gasteiger partial charge >= 0.3 is 6.03 Å². The van der Waals surface area contributed by atoms with Gasteiger partial charge in [-0.05, 0) is 32.0 Å². The number of benzene rings is 1. The Kier molecular flexibility index (Phi) is 4.36. The molecule has 1 aliphatic rings. The van der Waals surface area contributed by atoms with Gasteiger partial charge in [0.05, 0.1) is 0 Å². The van der Waals surface area contributed by atoms with Gasteiger partial charge in [-0.25, -0.2) is 4.79 Å². The number of nitrogens with one attached hydrogen (secondary N) is 3. The summed E-state index contributed by atoms with van der Waals surface area (Å²) in [6.45, 7) is 4.54. The van der Waals surface area contributed by atoms with E-state index in [2.05, 4.69) is 22.0 Å². The van der Waals surface area contributed by atoms with Crippen molar-refractivity contribution in [3.63, 3.8) is 0 Å². The molecule has 4 nitrogen and oxygen atoms in total. The Labute approximate surface area is 107 Å². The zero-order chi connectivity index (χ0) is 12.8. The number of hydrogen-bond donors (Lipinski definition) is 3. The molecule has 3 N–H and O–H groups in total. The molecular formula is C14H19N3O. The van der Waals surface area contributed by atoms with E-state index < -0.39 is 0 Å². The van der Waals surface area contributed by atoms with Crippen molar-refractivity contribution in [2.75, 3.05) is 25.0 Å². The lowest BCUT2D eigenvalue weighted by molar-refractivity contribution is 0.252. The first-order valence-corrected chi connectivity index (χ1v) is 6.24. The van der Waals surface area contributed by atoms with Crippen molar-refractivity contribution < 1.29 is 4.79 Å². The van der Waals surface area contributed by atoms with Crippen LogP contribution in [0.2, 0.25) is 0 Å². The fraction of sp³-hybridized carbons (Fsp3) is 0.357. The van der Waals surface area contributed by atoms with Gasteiger partial charge in [-0.1, -0.05) is 29.3 Å². The normalized spacial score (nSPS) is 14.8. The van der Waals surface area contributed by atoms with Gasteiger partial charge in [0.2, 0.25) is 0 Å². The fourth-order valence-corrected chi connectivity index (χ4v) is 1.84. The molecule has 2 amide bonds. The van der Waals surface area contributed by atoms with Crippen LogP contribution in [-0.2, 0) is 0 Å². The first-order valence-electron chi connectivity index (χ1n) is 6.24. The zero-order valence-corrected chi connectivity index (χ0v) is 10.6. The summed E-state index contributed by atoms with van der Waals surface area (Å²) in [6.07, 6.45) is 3.14. The van der Waals surface area contributed by atoms with Crippen LogP contribution in [-0.4, -0.2) is 25.7 Å². The largest absolute Gasteiger partial charge is 0.334 e. The van der Waals surface area contributed by atoms with Gasteiger partial charge in [-0.2, -0.15) is 0 Å². The second-order valence-electron chi connectivity index (χ2n) is 4.49. The standard InChI is InChI=1S/C14H19N3O/c1-11-2-4-13(5-3-11)17-14(18)16-10-12-6-8-15-9-7-12/h2-6,15H,7-10H2,1H3,(H2,16,17,18). The zero-order valence-electron chi connectivity index (χ0n) is 10.6. The monoisotopic (exact) mass is 245 g/mol. The molecule has 0 saturated heterocycles. The molecular weight excluding hydrogens is 226 g/mol. The molecule has 18 heavy (non-hydrogen) atoms. The first-order chi connectivity index (χ1) is 8.74. The third-order valence-electron chi connectivity index (χ3n) is 2.94. The van der Waals surface area contributed by atoms with Gasteiger partial charge in [-0.3, -0.25) is 0 Å². The summed E-state index contributed by atoms with van der Waals surface area (Å²) < 4.78 is 0. The van der Waals surface area contributed by atoms with Gasteiger partial charge in [0.15, 0.2) is 0 Å². The van der Waals surface area contributed by atoms with E-state index in [4.69, 9.17) is 0 Å². The van der Waals surface area contributed by atoms with Crippen LogP contribution in [0.1, 0.15) is 12.0 Å². The number of anilines is 1. The molecule has 1 aromatic rings. The van der Waals surface area contributed by atoms with Gasteiger partial charge in [0, 0.05) is 18.8 Å². The van der Waals surface area contributed by atoms with Gasteiger partial charge in [-0.15, -0.1) is 0 Å². The molecule has 0 radical (unpaired) electrons. The van der Waals surface area contributed by atoms with Crippen molar-refractivity contribution in [2.45, 2.75) is 13.3 Å². The SMILES string of the molecule is Cc1ccc(NC(=O)NCC2=CCNCC2)cc1. The van der Waals surface area contributed by atoms with Crippen molar-refractivity contribution in [1.82, 2.24) is 10.6 Å². The van der Waals surface area contributed by atoms with E-state index in [1.165, 1.54) is 11.1 Å². The Morgan fingerprint density at radius 1 is 1.33 bits per heavy atom. The summed E-state index contributed by atoms with van der Waals surface area (Å²) in [5.74, 6) is 0. The molecule has 0 saturated carbocycles. The highest BCUT2D eigenvalue weighted by Crippen LogP contribution is 2.08. The highest BCUT2D eigenvalue weighted by atomic mass is 16.2. The van der Waals surface area contributed by atoms with E-state index in [0.717, 1.165) is 25.2 Å². The minimum absolute atomic E-state index is 0.154. The first kappa shape index (κ1) is 12.6. The maximum atomic E-state index is 11.7. The Bertz CT molecular complexity index is 437. The Balaban J connectivity index is 1.78. The number of amides is 2. The van der Waals surface area contributed by atoms with E-state index in [-0.39, 0.29) is 6.03 Å². The van der Waals surface area contributed by atoms with E-state index in [0.29, 0.717) is 6.54 Å². The number of carbonyl (C=O) groups excluding carboxylic acids is 1. The predicted octanol–water partition coefficient (Wildman–Crippen LogP) is 2.04. The van der Waals surface area contributed by atoms with Crippen molar-refractivity contribution >= 4 is 11.7 Å². The van der Waals surface area contributed by atoms with Crippen LogP contribution >= 0.6 is 0 Å². The van der Waals surface area contributed by atoms with Crippen LogP contribution in [0.3, 0.4) is 0 Å². The number of urea groups is 1. The summed E-state index contributed by atoms with van der Waals surface area (Å²) in [4.78, 5) is 11.7. The summed E-state index contributed by atoms with van der Waals surface area (Å²) in [6, 6.07) is 7.60. The summed E-state index contributed by atoms with van der Waals surface area (Å²) >= 11 is 0. The van der Waals surface area contributed by atoms with Crippen molar-refractivity contribution in [2.24, 2.45) is 0 Å². The lowest BCUT2D eigenvalue weighted by atomic mass is 10.1. The van der Waals surface area contributed by atoms with E-state index in [9.17, 15) is 4.79 Å². The molecule has 96 valence electrons. The highest BCUT2D eigenvalue weighted by Gasteiger charge is 2.05. The molecule has 0 atom stereocenters. The second-order valence-corrected chi connectivity index (χ2v) is 4.49. The summed E-state index contributed by atoms with van der Waals surface area (Å²) in [5, 5.41) is 8.93. The Hall–Kier alpha value is -1.81. The third kappa shape index (κ3) is 3.89. The molecule has 4 heteroatoms. The molecule has 0 bridgehead atoms. The topological polar surface area (TPSA) is 53.2 Å². The maximum Gasteiger partial charge on any atom is 0.319 e. The van der Waals surface area contributed by atoms with Gasteiger partial charge in [0.25, 0.3) is 0 Å². The average Bonchev–Trinajstić information content (AvgIpc) is 2.40. The van der Waals surface area contributed by atoms with Crippen LogP contribution in [0.4, 0.5) is 10.5 Å². The second kappa shape index (κ2) is 6.21. The molecule has 1 aliphatic heterocycles. The molecule has 0 fully saturated rings. The minimum atomic E-state index is -0.154. The number of aryl methyl sites for hydroxylation is 1. The summed E-state index contributed by atoms with van der Waals surface area (Å²) in [5.41, 5.74) is 3.28. The molecule has 1 aromatic carbocycles. The highest BCUT2D eigenvalue weighted by molar-refractivity contribution is 5.89. The van der Waals surface area contributed by atoms with Crippen LogP contribution < -0.4 is 16.0 Å². The maximum absolute atomic E-state index is 11.7. The van der Waals surface area contributed by atoms with Crippen molar-refractivity contribution in [3.05, 3.63) is 41.5 Å². The van der Waals surface area contributed by atoms with Crippen LogP contribution in [0.25, 0.3) is 0 Å². The quantitative estimate of drug-likeness (QED) is 0.714. The van der Waals surface area contributed by atoms with Crippen LogP contribution in [0.5, 0.6) is 0 Å². The van der Waals surface area contributed by atoms with E-state index >= 15 is 0 Å². The predicted molar refractivity (Wildman–Crippen MR) is 73.8 cm³/mol. The van der Waals surface area contributed by atoms with Gasteiger partial charge < -0.3 is 16.0 Å². The third-order valence-corrected chi connectivity index (χ3v) is 2.94. The number of rotatable bonds is 3. The number of hydrogen-bond acceptors (Lipinski definition) is 2. The molecule has 2 rings (SSSR count). The molecule has 0 unspecified atom stereocenters. The van der Waals surface area contributed by atoms with Gasteiger partial charge in [0.1, 0.15) is 0 Å². The lowest BCUT2D eigenvalue weighted by Crippen LogP contribution is -2.32. The van der Waals surface area contributed by atoms with E-state index in [1.54, 1.807) is 0 Å². The lowest BCUT2D eigenvalue weighted by Gasteiger charge is -2.15. The molecule has 0 aliphatic carbocycles. The molecule has 1 heterocycles. The minimum Gasteiger partial charge on any atom is -0.334 e.